The first-order chi connectivity index (χ1) is 5.43. The van der Waals surface area contributed by atoms with Crippen LogP contribution in [0.25, 0.3) is 0 Å². The Labute approximate surface area is 79.0 Å². The van der Waals surface area contributed by atoms with Gasteiger partial charge >= 0.3 is 0 Å². The number of unbranched alkanes of at least 4 members (excludes halogenated alkanes) is 3. The summed E-state index contributed by atoms with van der Waals surface area (Å²) in [5, 5.41) is 0. The lowest BCUT2D eigenvalue weighted by atomic mass is 10.2. The van der Waals surface area contributed by atoms with E-state index in [-0.39, 0.29) is 11.0 Å². The molecule has 0 aliphatic heterocycles. The van der Waals surface area contributed by atoms with E-state index in [1.165, 1.54) is 25.7 Å². The molecule has 0 radical (unpaired) electrons. The second-order valence-electron chi connectivity index (χ2n) is 2.86. The Kier molecular flexibility index (Phi) is 6.76. The Morgan fingerprint density at radius 1 is 1.25 bits per heavy atom. The maximum atomic E-state index is 3.98. The smallest absolute Gasteiger partial charge is 0.0945 e. The Bertz CT molecular complexity index is 173. The van der Waals surface area contributed by atoms with Crippen LogP contribution in [0.1, 0.15) is 32.6 Å². The van der Waals surface area contributed by atoms with E-state index in [1.54, 1.807) is 0 Å². The number of imidazole rings is 1. The van der Waals surface area contributed by atoms with Crippen LogP contribution in [0.2, 0.25) is 0 Å². The molecule has 70 valence electrons. The molecule has 0 N–H and O–H groups in total. The minimum Gasteiger partial charge on any atom is -0.337 e. The maximum absolute atomic E-state index is 3.98. The molecule has 2 nitrogen and oxygen atoms in total. The molecule has 1 rings (SSSR count). The molecule has 1 aromatic rings. The van der Waals surface area contributed by atoms with Crippen molar-refractivity contribution < 1.29 is 0 Å². The molecule has 1 heterocycles. The van der Waals surface area contributed by atoms with E-state index in [9.17, 15) is 0 Å². The Morgan fingerprint density at radius 3 is 2.67 bits per heavy atom. The summed E-state index contributed by atoms with van der Waals surface area (Å²) in [6, 6.07) is 0. The number of hydrogen-bond donors (Lipinski definition) is 0. The van der Waals surface area contributed by atoms with Gasteiger partial charge in [-0.05, 0) is 17.4 Å². The first-order valence-corrected chi connectivity index (χ1v) is 4.39. The standard InChI is InChI=1S/C9H16N2.H4Si/c1-2-3-4-5-7-11-8-6-10-9-11;/h6,8-9H,2-5,7H2,1H3;1H4. The molecular formula is C9H20N2Si. The fourth-order valence-electron chi connectivity index (χ4n) is 1.14. The highest BCUT2D eigenvalue weighted by Crippen LogP contribution is 2.00. The van der Waals surface area contributed by atoms with Crippen LogP contribution in [-0.2, 0) is 6.54 Å². The number of aryl methyl sites for hydroxylation is 1. The van der Waals surface area contributed by atoms with Crippen molar-refractivity contribution in [1.29, 1.82) is 0 Å². The van der Waals surface area contributed by atoms with E-state index >= 15 is 0 Å². The number of hydrogen-bond acceptors (Lipinski definition) is 1. The number of nitrogens with zero attached hydrogens (tertiary/aromatic N) is 2. The molecule has 0 atom stereocenters. The fraction of sp³-hybridized carbons (Fsp3) is 0.667. The average Bonchev–Trinajstić information content (AvgIpc) is 2.50. The van der Waals surface area contributed by atoms with Gasteiger partial charge in [0.15, 0.2) is 0 Å². The van der Waals surface area contributed by atoms with Crippen LogP contribution >= 0.6 is 0 Å². The van der Waals surface area contributed by atoms with Crippen molar-refractivity contribution in [2.75, 3.05) is 0 Å². The highest BCUT2D eigenvalue weighted by molar-refractivity contribution is 5.75. The third-order valence-electron chi connectivity index (χ3n) is 1.83. The van der Waals surface area contributed by atoms with Crippen LogP contribution in [0.15, 0.2) is 18.7 Å². The van der Waals surface area contributed by atoms with Crippen molar-refractivity contribution in [2.45, 2.75) is 39.2 Å². The predicted molar refractivity (Wildman–Crippen MR) is 57.7 cm³/mol. The summed E-state index contributed by atoms with van der Waals surface area (Å²) < 4.78 is 2.13. The van der Waals surface area contributed by atoms with Gasteiger partial charge in [-0.25, -0.2) is 4.98 Å². The Hall–Kier alpha value is -0.573. The summed E-state index contributed by atoms with van der Waals surface area (Å²) in [7, 11) is 0. The number of aromatic nitrogens is 2. The van der Waals surface area contributed by atoms with E-state index in [1.807, 2.05) is 18.7 Å². The first kappa shape index (κ1) is 11.4. The summed E-state index contributed by atoms with van der Waals surface area (Å²) in [5.74, 6) is 0. The van der Waals surface area contributed by atoms with Gasteiger partial charge in [0.05, 0.1) is 6.33 Å². The lowest BCUT2D eigenvalue weighted by Gasteiger charge is -1.99. The normalized spacial score (nSPS) is 9.42. The quantitative estimate of drug-likeness (QED) is 0.493. The Balaban J connectivity index is 0.00000121. The average molecular weight is 184 g/mol. The molecule has 0 spiro atoms. The van der Waals surface area contributed by atoms with Crippen molar-refractivity contribution in [3.63, 3.8) is 0 Å². The van der Waals surface area contributed by atoms with E-state index in [4.69, 9.17) is 0 Å². The van der Waals surface area contributed by atoms with E-state index in [2.05, 4.69) is 16.5 Å². The molecule has 12 heavy (non-hydrogen) atoms. The topological polar surface area (TPSA) is 17.8 Å². The van der Waals surface area contributed by atoms with E-state index in [0.717, 1.165) is 6.54 Å². The lowest BCUT2D eigenvalue weighted by Crippen LogP contribution is -1.93. The predicted octanol–water partition coefficient (Wildman–Crippen LogP) is 1.01. The van der Waals surface area contributed by atoms with Gasteiger partial charge in [-0.3, -0.25) is 0 Å². The molecule has 0 bridgehead atoms. The van der Waals surface area contributed by atoms with Gasteiger partial charge in [-0.2, -0.15) is 0 Å². The van der Waals surface area contributed by atoms with Crippen LogP contribution in [0.5, 0.6) is 0 Å². The van der Waals surface area contributed by atoms with Crippen LogP contribution < -0.4 is 0 Å². The molecule has 1 aromatic heterocycles. The molecule has 0 unspecified atom stereocenters. The van der Waals surface area contributed by atoms with Gasteiger partial charge in [0.25, 0.3) is 0 Å². The van der Waals surface area contributed by atoms with Crippen LogP contribution in [0, 0.1) is 0 Å². The molecule has 0 fully saturated rings. The Morgan fingerprint density at radius 2 is 2.08 bits per heavy atom. The molecule has 0 saturated carbocycles. The first-order valence-electron chi connectivity index (χ1n) is 4.39. The summed E-state index contributed by atoms with van der Waals surface area (Å²) >= 11 is 0. The fourth-order valence-corrected chi connectivity index (χ4v) is 1.14. The van der Waals surface area contributed by atoms with Crippen molar-refractivity contribution in [1.82, 2.24) is 9.55 Å². The zero-order valence-corrected chi connectivity index (χ0v) is 7.16. The van der Waals surface area contributed by atoms with Gasteiger partial charge in [0.2, 0.25) is 0 Å². The lowest BCUT2D eigenvalue weighted by molar-refractivity contribution is 0.582. The van der Waals surface area contributed by atoms with Crippen molar-refractivity contribution >= 4 is 11.0 Å². The van der Waals surface area contributed by atoms with Gasteiger partial charge in [-0.15, -0.1) is 0 Å². The largest absolute Gasteiger partial charge is 0.337 e. The van der Waals surface area contributed by atoms with Gasteiger partial charge in [0, 0.05) is 18.9 Å². The zero-order valence-electron chi connectivity index (χ0n) is 7.16. The molecular weight excluding hydrogens is 164 g/mol. The van der Waals surface area contributed by atoms with Crippen LogP contribution in [0.3, 0.4) is 0 Å². The monoisotopic (exact) mass is 184 g/mol. The van der Waals surface area contributed by atoms with Gasteiger partial charge < -0.3 is 4.57 Å². The van der Waals surface area contributed by atoms with Gasteiger partial charge in [0.1, 0.15) is 0 Å². The number of rotatable bonds is 5. The third kappa shape index (κ3) is 4.33. The van der Waals surface area contributed by atoms with Gasteiger partial charge in [-0.1, -0.05) is 26.2 Å². The summed E-state index contributed by atoms with van der Waals surface area (Å²) in [4.78, 5) is 3.98. The molecule has 0 aliphatic rings. The molecule has 0 aliphatic carbocycles. The second kappa shape index (κ2) is 7.10. The molecule has 3 heteroatoms. The van der Waals surface area contributed by atoms with Crippen molar-refractivity contribution in [3.05, 3.63) is 18.7 Å². The minimum absolute atomic E-state index is 0. The third-order valence-corrected chi connectivity index (χ3v) is 1.83. The molecule has 0 saturated heterocycles. The summed E-state index contributed by atoms with van der Waals surface area (Å²) in [6.07, 6.45) is 11.0. The highest BCUT2D eigenvalue weighted by Gasteiger charge is 1.89. The summed E-state index contributed by atoms with van der Waals surface area (Å²) in [5.41, 5.74) is 0. The maximum Gasteiger partial charge on any atom is 0.0945 e. The van der Waals surface area contributed by atoms with E-state index < -0.39 is 0 Å². The minimum atomic E-state index is 0. The highest BCUT2D eigenvalue weighted by atomic mass is 28.1. The van der Waals surface area contributed by atoms with Crippen molar-refractivity contribution in [3.8, 4) is 0 Å². The SMILES string of the molecule is CCCCCCn1ccnc1.[SiH4]. The second-order valence-corrected chi connectivity index (χ2v) is 2.86. The van der Waals surface area contributed by atoms with Crippen LogP contribution in [0.4, 0.5) is 0 Å². The molecule has 0 amide bonds. The van der Waals surface area contributed by atoms with Crippen molar-refractivity contribution in [2.24, 2.45) is 0 Å². The van der Waals surface area contributed by atoms with E-state index in [0.29, 0.717) is 0 Å². The summed E-state index contributed by atoms with van der Waals surface area (Å²) in [6.45, 7) is 3.36. The zero-order chi connectivity index (χ0) is 7.94. The van der Waals surface area contributed by atoms with Crippen LogP contribution in [-0.4, -0.2) is 20.5 Å². The molecule has 0 aromatic carbocycles.